The Bertz CT molecular complexity index is 473. The van der Waals surface area contributed by atoms with Crippen LogP contribution in [0.1, 0.15) is 17.5 Å². The molecule has 2 rings (SSSR count). The molecule has 0 aliphatic heterocycles. The molecular formula is C15H19N3. The number of hydrogen-bond donors (Lipinski definition) is 1. The summed E-state index contributed by atoms with van der Waals surface area (Å²) in [5.74, 6) is 0. The summed E-state index contributed by atoms with van der Waals surface area (Å²) in [6, 6.07) is 10.6. The molecule has 0 saturated carbocycles. The third kappa shape index (κ3) is 3.86. The Morgan fingerprint density at radius 3 is 2.78 bits per heavy atom. The molecule has 3 heteroatoms. The monoisotopic (exact) mass is 241 g/mol. The van der Waals surface area contributed by atoms with Gasteiger partial charge in [-0.05, 0) is 24.9 Å². The third-order valence-electron chi connectivity index (χ3n) is 2.83. The van der Waals surface area contributed by atoms with Gasteiger partial charge in [-0.1, -0.05) is 36.9 Å². The van der Waals surface area contributed by atoms with Gasteiger partial charge in [0.05, 0.1) is 6.20 Å². The number of aryl methyl sites for hydroxylation is 1. The van der Waals surface area contributed by atoms with Crippen molar-refractivity contribution in [3.8, 4) is 0 Å². The van der Waals surface area contributed by atoms with Crippen LogP contribution in [-0.4, -0.2) is 16.3 Å². The summed E-state index contributed by atoms with van der Waals surface area (Å²) in [5.41, 5.74) is 2.59. The largest absolute Gasteiger partial charge is 0.313 e. The van der Waals surface area contributed by atoms with Crippen LogP contribution in [0.5, 0.6) is 0 Å². The minimum atomic E-state index is 0.864. The molecule has 0 saturated heterocycles. The van der Waals surface area contributed by atoms with Crippen molar-refractivity contribution in [3.63, 3.8) is 0 Å². The molecule has 18 heavy (non-hydrogen) atoms. The highest BCUT2D eigenvalue weighted by Gasteiger charge is 1.96. The highest BCUT2D eigenvalue weighted by Crippen LogP contribution is 2.02. The zero-order valence-electron chi connectivity index (χ0n) is 10.5. The number of aromatic nitrogens is 2. The summed E-state index contributed by atoms with van der Waals surface area (Å²) in [6.07, 6.45) is 7.82. The molecule has 1 N–H and O–H groups in total. The fourth-order valence-corrected chi connectivity index (χ4v) is 1.86. The highest BCUT2D eigenvalue weighted by atomic mass is 15.2. The van der Waals surface area contributed by atoms with E-state index in [9.17, 15) is 0 Å². The first kappa shape index (κ1) is 12.6. The summed E-state index contributed by atoms with van der Waals surface area (Å²) in [5, 5.41) is 7.56. The van der Waals surface area contributed by atoms with Gasteiger partial charge in [-0.25, -0.2) is 4.68 Å². The highest BCUT2D eigenvalue weighted by molar-refractivity contribution is 5.17. The van der Waals surface area contributed by atoms with E-state index in [4.69, 9.17) is 0 Å². The van der Waals surface area contributed by atoms with Crippen molar-refractivity contribution in [2.75, 3.05) is 6.54 Å². The second-order valence-corrected chi connectivity index (χ2v) is 4.28. The first-order valence-electron chi connectivity index (χ1n) is 6.29. The Labute approximate surface area is 108 Å². The van der Waals surface area contributed by atoms with Crippen LogP contribution in [0.15, 0.2) is 49.3 Å². The molecule has 1 aromatic heterocycles. The normalized spacial score (nSPS) is 10.4. The fourth-order valence-electron chi connectivity index (χ4n) is 1.86. The van der Waals surface area contributed by atoms with Crippen LogP contribution in [0.3, 0.4) is 0 Å². The van der Waals surface area contributed by atoms with E-state index in [0.29, 0.717) is 0 Å². The number of nitrogens with one attached hydrogen (secondary N) is 1. The number of rotatable bonds is 7. The van der Waals surface area contributed by atoms with E-state index in [2.05, 4.69) is 47.3 Å². The Morgan fingerprint density at radius 2 is 2.06 bits per heavy atom. The van der Waals surface area contributed by atoms with E-state index in [1.54, 1.807) is 10.9 Å². The summed E-state index contributed by atoms with van der Waals surface area (Å²) in [6.45, 7) is 5.55. The maximum Gasteiger partial charge on any atom is 0.0538 e. The minimum absolute atomic E-state index is 0.864. The van der Waals surface area contributed by atoms with Crippen LogP contribution in [0.25, 0.3) is 6.20 Å². The molecule has 0 atom stereocenters. The number of benzene rings is 1. The molecule has 0 aliphatic carbocycles. The summed E-state index contributed by atoms with van der Waals surface area (Å²) in [7, 11) is 0. The first-order chi connectivity index (χ1) is 8.88. The van der Waals surface area contributed by atoms with Crippen molar-refractivity contribution in [3.05, 3.63) is 60.4 Å². The second kappa shape index (κ2) is 6.77. The molecule has 3 nitrogen and oxygen atoms in total. The van der Waals surface area contributed by atoms with Crippen molar-refractivity contribution >= 4 is 6.20 Å². The van der Waals surface area contributed by atoms with E-state index >= 15 is 0 Å². The third-order valence-corrected chi connectivity index (χ3v) is 2.83. The van der Waals surface area contributed by atoms with Crippen molar-refractivity contribution in [2.45, 2.75) is 19.4 Å². The van der Waals surface area contributed by atoms with Gasteiger partial charge in [0.2, 0.25) is 0 Å². The van der Waals surface area contributed by atoms with Crippen molar-refractivity contribution in [1.29, 1.82) is 0 Å². The Kier molecular flexibility index (Phi) is 4.73. The lowest BCUT2D eigenvalue weighted by atomic mass is 10.1. The smallest absolute Gasteiger partial charge is 0.0538 e. The Balaban J connectivity index is 1.63. The van der Waals surface area contributed by atoms with Crippen molar-refractivity contribution in [2.24, 2.45) is 0 Å². The molecule has 0 spiro atoms. The summed E-state index contributed by atoms with van der Waals surface area (Å²) < 4.78 is 1.72. The zero-order chi connectivity index (χ0) is 12.6. The van der Waals surface area contributed by atoms with Crippen molar-refractivity contribution in [1.82, 2.24) is 15.1 Å². The average molecular weight is 241 g/mol. The molecule has 0 amide bonds. The van der Waals surface area contributed by atoms with Crippen molar-refractivity contribution < 1.29 is 0 Å². The molecule has 94 valence electrons. The standard InChI is InChI=1S/C15H19N3/c1-2-18-13-15(12-17-18)11-16-10-6-9-14-7-4-3-5-8-14/h2-5,7-8,12-13,16H,1,6,9-11H2. The predicted molar refractivity (Wildman–Crippen MR) is 75.1 cm³/mol. The molecular weight excluding hydrogens is 222 g/mol. The summed E-state index contributed by atoms with van der Waals surface area (Å²) in [4.78, 5) is 0. The number of nitrogens with zero attached hydrogens (tertiary/aromatic N) is 2. The lowest BCUT2D eigenvalue weighted by Crippen LogP contribution is -2.14. The maximum atomic E-state index is 4.14. The lowest BCUT2D eigenvalue weighted by Gasteiger charge is -2.03. The van der Waals surface area contributed by atoms with Gasteiger partial charge in [0.25, 0.3) is 0 Å². The van der Waals surface area contributed by atoms with Crippen LogP contribution in [0, 0.1) is 0 Å². The van der Waals surface area contributed by atoms with Crippen LogP contribution in [0.4, 0.5) is 0 Å². The minimum Gasteiger partial charge on any atom is -0.313 e. The van der Waals surface area contributed by atoms with Gasteiger partial charge in [0, 0.05) is 24.5 Å². The fraction of sp³-hybridized carbons (Fsp3) is 0.267. The quantitative estimate of drug-likeness (QED) is 0.755. The lowest BCUT2D eigenvalue weighted by molar-refractivity contribution is 0.649. The van der Waals surface area contributed by atoms with Gasteiger partial charge in [-0.3, -0.25) is 0 Å². The predicted octanol–water partition coefficient (Wildman–Crippen LogP) is 2.71. The summed E-state index contributed by atoms with van der Waals surface area (Å²) >= 11 is 0. The molecule has 0 bridgehead atoms. The van der Waals surface area contributed by atoms with Gasteiger partial charge >= 0.3 is 0 Å². The molecule has 0 radical (unpaired) electrons. The Hall–Kier alpha value is -1.87. The second-order valence-electron chi connectivity index (χ2n) is 4.28. The maximum absolute atomic E-state index is 4.14. The van der Waals surface area contributed by atoms with Gasteiger partial charge in [-0.15, -0.1) is 0 Å². The van der Waals surface area contributed by atoms with Crippen LogP contribution >= 0.6 is 0 Å². The van der Waals surface area contributed by atoms with E-state index in [0.717, 1.165) is 25.9 Å². The average Bonchev–Trinajstić information content (AvgIpc) is 2.87. The number of hydrogen-bond acceptors (Lipinski definition) is 2. The van der Waals surface area contributed by atoms with Crippen LogP contribution < -0.4 is 5.32 Å². The van der Waals surface area contributed by atoms with Gasteiger partial charge in [0.1, 0.15) is 0 Å². The van der Waals surface area contributed by atoms with Gasteiger partial charge < -0.3 is 5.32 Å². The van der Waals surface area contributed by atoms with Gasteiger partial charge in [-0.2, -0.15) is 5.10 Å². The van der Waals surface area contributed by atoms with Crippen LogP contribution in [0.2, 0.25) is 0 Å². The van der Waals surface area contributed by atoms with E-state index in [1.165, 1.54) is 11.1 Å². The molecule has 0 aliphatic rings. The molecule has 1 heterocycles. The van der Waals surface area contributed by atoms with E-state index in [-0.39, 0.29) is 0 Å². The first-order valence-corrected chi connectivity index (χ1v) is 6.29. The topological polar surface area (TPSA) is 29.9 Å². The molecule has 0 unspecified atom stereocenters. The van der Waals surface area contributed by atoms with E-state index < -0.39 is 0 Å². The molecule has 1 aromatic carbocycles. The van der Waals surface area contributed by atoms with Crippen LogP contribution in [-0.2, 0) is 13.0 Å². The zero-order valence-corrected chi connectivity index (χ0v) is 10.5. The van der Waals surface area contributed by atoms with E-state index in [1.807, 2.05) is 12.4 Å². The molecule has 0 fully saturated rings. The SMILES string of the molecule is C=Cn1cc(CNCCCc2ccccc2)cn1. The molecule has 2 aromatic rings. The Morgan fingerprint density at radius 1 is 1.22 bits per heavy atom. The van der Waals surface area contributed by atoms with Gasteiger partial charge in [0.15, 0.2) is 0 Å².